The number of carbonyl (C=O) groups is 3. The van der Waals surface area contributed by atoms with Crippen molar-refractivity contribution in [3.05, 3.63) is 87.4 Å². The lowest BCUT2D eigenvalue weighted by Crippen LogP contribution is -2.32. The van der Waals surface area contributed by atoms with Gasteiger partial charge in [-0.05, 0) is 62.4 Å². The Hall–Kier alpha value is -3.48. The lowest BCUT2D eigenvalue weighted by atomic mass is 10.1. The number of aromatic nitrogens is 2. The summed E-state index contributed by atoms with van der Waals surface area (Å²) >= 11 is 11.9. The smallest absolute Gasteiger partial charge is 0.358 e. The predicted molar refractivity (Wildman–Crippen MR) is 150 cm³/mol. The fourth-order valence-electron chi connectivity index (χ4n) is 4.36. The molecule has 0 saturated carbocycles. The van der Waals surface area contributed by atoms with Gasteiger partial charge in [-0.15, -0.1) is 0 Å². The second kappa shape index (κ2) is 14.6. The zero-order chi connectivity index (χ0) is 30.2. The van der Waals surface area contributed by atoms with Gasteiger partial charge in [0.05, 0.1) is 24.6 Å². The van der Waals surface area contributed by atoms with Crippen molar-refractivity contribution in [1.82, 2.24) is 9.55 Å². The van der Waals surface area contributed by atoms with Crippen LogP contribution in [0.25, 0.3) is 0 Å². The standard InChI is InChI=1S/C29H30Cl2N2O9/c1-4-38-29(39-5-2)25-24(28(36)37-3)32-16-33(25)23-14-21(42-27(35)18-8-12-20(31)13-9-18)22(41-23)15-40-26(34)17-6-10-19(30)11-7-17/h6-13,16,21-23,29H,4-5,14-15H2,1-3H3/t21-,22+,23+/m0/s1. The molecule has 1 fully saturated rings. The normalized spacial score (nSPS) is 18.2. The van der Waals surface area contributed by atoms with Crippen LogP contribution in [0.4, 0.5) is 0 Å². The molecule has 3 aromatic rings. The maximum atomic E-state index is 13.0. The fraction of sp³-hybridized carbons (Fsp3) is 0.379. The van der Waals surface area contributed by atoms with Gasteiger partial charge in [-0.3, -0.25) is 0 Å². The van der Waals surface area contributed by atoms with E-state index in [1.807, 2.05) is 0 Å². The third-order valence-electron chi connectivity index (χ3n) is 6.36. The molecule has 1 aliphatic rings. The molecule has 1 aromatic heterocycles. The molecule has 4 rings (SSSR count). The Balaban J connectivity index is 1.61. The first-order valence-electron chi connectivity index (χ1n) is 13.2. The first-order chi connectivity index (χ1) is 20.2. The molecule has 11 nitrogen and oxygen atoms in total. The summed E-state index contributed by atoms with van der Waals surface area (Å²) in [5.74, 6) is -1.91. The van der Waals surface area contributed by atoms with Gasteiger partial charge in [-0.1, -0.05) is 23.2 Å². The average Bonchev–Trinajstić information content (AvgIpc) is 3.60. The molecule has 0 aliphatic carbocycles. The molecule has 13 heteroatoms. The Kier molecular flexibility index (Phi) is 10.9. The van der Waals surface area contributed by atoms with Crippen molar-refractivity contribution in [3.8, 4) is 0 Å². The van der Waals surface area contributed by atoms with Crippen LogP contribution in [0.3, 0.4) is 0 Å². The molecule has 1 aliphatic heterocycles. The first-order valence-corrected chi connectivity index (χ1v) is 13.9. The highest BCUT2D eigenvalue weighted by Crippen LogP contribution is 2.36. The maximum Gasteiger partial charge on any atom is 0.358 e. The van der Waals surface area contributed by atoms with Gasteiger partial charge in [0.2, 0.25) is 6.29 Å². The first kappa shape index (κ1) is 31.5. The van der Waals surface area contributed by atoms with Crippen LogP contribution in [0.1, 0.15) is 69.7 Å². The Morgan fingerprint density at radius 2 is 1.50 bits per heavy atom. The second-order valence-electron chi connectivity index (χ2n) is 9.04. The fourth-order valence-corrected chi connectivity index (χ4v) is 4.61. The minimum atomic E-state index is -0.961. The maximum absolute atomic E-state index is 13.0. The van der Waals surface area contributed by atoms with Gasteiger partial charge in [-0.2, -0.15) is 0 Å². The van der Waals surface area contributed by atoms with E-state index in [2.05, 4.69) is 4.98 Å². The highest BCUT2D eigenvalue weighted by atomic mass is 35.5. The van der Waals surface area contributed by atoms with Gasteiger partial charge in [0, 0.05) is 29.7 Å². The molecule has 1 saturated heterocycles. The second-order valence-corrected chi connectivity index (χ2v) is 9.91. The van der Waals surface area contributed by atoms with E-state index in [-0.39, 0.29) is 43.2 Å². The minimum Gasteiger partial charge on any atom is -0.464 e. The van der Waals surface area contributed by atoms with Gasteiger partial charge in [-0.25, -0.2) is 19.4 Å². The zero-order valence-electron chi connectivity index (χ0n) is 23.2. The molecular weight excluding hydrogens is 591 g/mol. The molecule has 0 unspecified atom stereocenters. The number of rotatable bonds is 12. The van der Waals surface area contributed by atoms with Crippen LogP contribution < -0.4 is 0 Å². The summed E-state index contributed by atoms with van der Waals surface area (Å²) in [6, 6.07) is 12.4. The quantitative estimate of drug-likeness (QED) is 0.147. The Bertz CT molecular complexity index is 1370. The molecule has 42 heavy (non-hydrogen) atoms. The molecule has 224 valence electrons. The number of hydrogen-bond donors (Lipinski definition) is 0. The summed E-state index contributed by atoms with van der Waals surface area (Å²) in [6.07, 6.45) is -1.93. The van der Waals surface area contributed by atoms with Crippen LogP contribution in [0.15, 0.2) is 54.9 Å². The highest BCUT2D eigenvalue weighted by molar-refractivity contribution is 6.31. The number of methoxy groups -OCH3 is 1. The van der Waals surface area contributed by atoms with Crippen LogP contribution in [0.5, 0.6) is 0 Å². The van der Waals surface area contributed by atoms with Gasteiger partial charge in [0.25, 0.3) is 0 Å². The molecule has 2 aromatic carbocycles. The van der Waals surface area contributed by atoms with Crippen molar-refractivity contribution < 1.29 is 42.8 Å². The molecular formula is C29H30Cl2N2O9. The van der Waals surface area contributed by atoms with E-state index in [1.54, 1.807) is 54.8 Å². The van der Waals surface area contributed by atoms with Gasteiger partial charge in [0.1, 0.15) is 30.7 Å². The van der Waals surface area contributed by atoms with E-state index in [9.17, 15) is 14.4 Å². The zero-order valence-corrected chi connectivity index (χ0v) is 24.7. The van der Waals surface area contributed by atoms with Crippen LogP contribution >= 0.6 is 23.2 Å². The molecule has 0 spiro atoms. The molecule has 0 N–H and O–H groups in total. The summed E-state index contributed by atoms with van der Waals surface area (Å²) in [5.41, 5.74) is 0.834. The van der Waals surface area contributed by atoms with Crippen LogP contribution in [-0.2, 0) is 28.4 Å². The van der Waals surface area contributed by atoms with Crippen molar-refractivity contribution in [2.45, 2.75) is 45.0 Å². The number of halogens is 2. The number of carbonyl (C=O) groups excluding carboxylic acids is 3. The van der Waals surface area contributed by atoms with Crippen molar-refractivity contribution in [3.63, 3.8) is 0 Å². The third-order valence-corrected chi connectivity index (χ3v) is 6.86. The number of nitrogens with zero attached hydrogens (tertiary/aromatic N) is 2. The molecule has 3 atom stereocenters. The van der Waals surface area contributed by atoms with Crippen LogP contribution in [-0.4, -0.2) is 66.6 Å². The number of esters is 3. The number of benzene rings is 2. The Morgan fingerprint density at radius 3 is 2.05 bits per heavy atom. The van der Waals surface area contributed by atoms with E-state index in [0.29, 0.717) is 15.6 Å². The summed E-state index contributed by atoms with van der Waals surface area (Å²) in [5, 5.41) is 0.942. The molecule has 0 radical (unpaired) electrons. The third kappa shape index (κ3) is 7.47. The van der Waals surface area contributed by atoms with E-state index in [1.165, 1.54) is 25.6 Å². The van der Waals surface area contributed by atoms with E-state index >= 15 is 0 Å². The summed E-state index contributed by atoms with van der Waals surface area (Å²) in [7, 11) is 1.24. The number of imidazole rings is 1. The van der Waals surface area contributed by atoms with Gasteiger partial charge < -0.3 is 33.0 Å². The van der Waals surface area contributed by atoms with Crippen molar-refractivity contribution in [1.29, 1.82) is 0 Å². The largest absolute Gasteiger partial charge is 0.464 e. The van der Waals surface area contributed by atoms with E-state index in [0.717, 1.165) is 0 Å². The monoisotopic (exact) mass is 620 g/mol. The van der Waals surface area contributed by atoms with Crippen molar-refractivity contribution >= 4 is 41.1 Å². The van der Waals surface area contributed by atoms with E-state index in [4.69, 9.17) is 51.6 Å². The lowest BCUT2D eigenvalue weighted by Gasteiger charge is -2.23. The Labute approximate surface area is 252 Å². The van der Waals surface area contributed by atoms with Crippen LogP contribution in [0.2, 0.25) is 10.0 Å². The summed E-state index contributed by atoms with van der Waals surface area (Å²) in [4.78, 5) is 42.5. The Morgan fingerprint density at radius 1 is 0.929 bits per heavy atom. The molecule has 0 bridgehead atoms. The topological polar surface area (TPSA) is 124 Å². The lowest BCUT2D eigenvalue weighted by molar-refractivity contribution is -0.148. The van der Waals surface area contributed by atoms with Crippen molar-refractivity contribution in [2.75, 3.05) is 26.9 Å². The SMILES string of the molecule is CCOC(OCC)c1c(C(=O)OC)ncn1[C@H]1C[C@H](OC(=O)c2ccc(Cl)cc2)[C@@H](COC(=O)c2ccc(Cl)cc2)O1. The summed E-state index contributed by atoms with van der Waals surface area (Å²) < 4.78 is 35.6. The summed E-state index contributed by atoms with van der Waals surface area (Å²) in [6.45, 7) is 3.91. The van der Waals surface area contributed by atoms with Gasteiger partial charge >= 0.3 is 17.9 Å². The van der Waals surface area contributed by atoms with Gasteiger partial charge in [0.15, 0.2) is 5.69 Å². The van der Waals surface area contributed by atoms with E-state index < -0.39 is 42.6 Å². The molecule has 0 amide bonds. The average molecular weight is 621 g/mol. The minimum absolute atomic E-state index is 0.0136. The molecule has 2 heterocycles. The van der Waals surface area contributed by atoms with Crippen molar-refractivity contribution in [2.24, 2.45) is 0 Å². The number of ether oxygens (including phenoxy) is 6. The van der Waals surface area contributed by atoms with Crippen LogP contribution in [0, 0.1) is 0 Å². The number of hydrogen-bond acceptors (Lipinski definition) is 10. The predicted octanol–water partition coefficient (Wildman–Crippen LogP) is 5.42. The highest BCUT2D eigenvalue weighted by Gasteiger charge is 2.42.